The van der Waals surface area contributed by atoms with Gasteiger partial charge in [-0.1, -0.05) is 0 Å². The van der Waals surface area contributed by atoms with Crippen LogP contribution in [0.3, 0.4) is 0 Å². The van der Waals surface area contributed by atoms with E-state index in [1.807, 2.05) is 19.0 Å². The van der Waals surface area contributed by atoms with Gasteiger partial charge in [-0.25, -0.2) is 4.99 Å². The Balaban J connectivity index is 2.55. The van der Waals surface area contributed by atoms with Gasteiger partial charge in [-0.3, -0.25) is 0 Å². The van der Waals surface area contributed by atoms with E-state index >= 15 is 0 Å². The van der Waals surface area contributed by atoms with Crippen molar-refractivity contribution in [3.63, 3.8) is 0 Å². The van der Waals surface area contributed by atoms with Crippen LogP contribution in [0.4, 0.5) is 5.13 Å². The fraction of sp³-hybridized carbons (Fsp3) is 0.400. The summed E-state index contributed by atoms with van der Waals surface area (Å²) in [7, 11) is 3.79. The smallest absolute Gasteiger partial charge is 0.230 e. The summed E-state index contributed by atoms with van der Waals surface area (Å²) >= 11 is 1.22. The third-order valence-corrected chi connectivity index (χ3v) is 1.25. The summed E-state index contributed by atoms with van der Waals surface area (Å²) < 4.78 is 3.67. The Labute approximate surface area is 63.4 Å². The molecule has 1 aromatic rings. The number of aliphatic imine (C=N–C) groups is 1. The predicted octanol–water partition coefficient (Wildman–Crippen LogP) is 0.560. The molecule has 10 heavy (non-hydrogen) atoms. The maximum atomic E-state index is 3.98. The monoisotopic (exact) mass is 155 g/mol. The Morgan fingerprint density at radius 1 is 1.70 bits per heavy atom. The van der Waals surface area contributed by atoms with E-state index in [9.17, 15) is 0 Å². The van der Waals surface area contributed by atoms with E-state index in [-0.39, 0.29) is 0 Å². The van der Waals surface area contributed by atoms with Crippen molar-refractivity contribution in [2.45, 2.75) is 0 Å². The van der Waals surface area contributed by atoms with Crippen LogP contribution in [0.25, 0.3) is 0 Å². The van der Waals surface area contributed by atoms with Gasteiger partial charge in [0, 0.05) is 25.6 Å². The molecule has 0 N–H and O–H groups in total. The first-order valence-electron chi connectivity index (χ1n) is 2.69. The van der Waals surface area contributed by atoms with Crippen molar-refractivity contribution in [1.82, 2.24) is 14.3 Å². The molecule has 1 heterocycles. The summed E-state index contributed by atoms with van der Waals surface area (Å²) in [6.07, 6.45) is 4.11. The molecule has 0 aromatic carbocycles. The van der Waals surface area contributed by atoms with Crippen LogP contribution in [0.1, 0.15) is 0 Å². The zero-order valence-corrected chi connectivity index (χ0v) is 6.59. The van der Waals surface area contributed by atoms with Crippen LogP contribution in [-0.2, 0) is 0 Å². The number of aromatic nitrogens is 2. The standard InChI is InChI=1S/C5H7N4S/c1-9(2)4-7-5-6-3-8-10-5/h4H,1-2H3/b7-4+. The number of hydrogen-bond acceptors (Lipinski definition) is 4. The minimum absolute atomic E-state index is 0.633. The van der Waals surface area contributed by atoms with Gasteiger partial charge in [0.05, 0.1) is 6.34 Å². The molecule has 5 heteroatoms. The third kappa shape index (κ3) is 2.10. The fourth-order valence-electron chi connectivity index (χ4n) is 0.362. The first-order chi connectivity index (χ1) is 4.79. The van der Waals surface area contributed by atoms with E-state index in [1.54, 1.807) is 6.34 Å². The van der Waals surface area contributed by atoms with Crippen LogP contribution in [0.15, 0.2) is 4.99 Å². The lowest BCUT2D eigenvalue weighted by atomic mass is 10.9. The van der Waals surface area contributed by atoms with E-state index in [4.69, 9.17) is 0 Å². The molecule has 0 aliphatic carbocycles. The lowest BCUT2D eigenvalue weighted by Gasteiger charge is -1.99. The maximum absolute atomic E-state index is 3.98. The highest BCUT2D eigenvalue weighted by atomic mass is 32.1. The van der Waals surface area contributed by atoms with Gasteiger partial charge in [0.15, 0.2) is 0 Å². The summed E-state index contributed by atoms with van der Waals surface area (Å²) in [6, 6.07) is 0. The highest BCUT2D eigenvalue weighted by Gasteiger charge is 1.89. The molecule has 0 fully saturated rings. The van der Waals surface area contributed by atoms with Crippen molar-refractivity contribution >= 4 is 23.0 Å². The van der Waals surface area contributed by atoms with Gasteiger partial charge in [0.2, 0.25) is 11.5 Å². The Bertz CT molecular complexity index is 203. The van der Waals surface area contributed by atoms with Gasteiger partial charge in [-0.15, -0.1) is 0 Å². The Kier molecular flexibility index (Phi) is 2.33. The van der Waals surface area contributed by atoms with Crippen molar-refractivity contribution < 1.29 is 0 Å². The minimum Gasteiger partial charge on any atom is -0.369 e. The quantitative estimate of drug-likeness (QED) is 0.463. The van der Waals surface area contributed by atoms with Crippen LogP contribution in [0.2, 0.25) is 0 Å². The van der Waals surface area contributed by atoms with Crippen molar-refractivity contribution in [3.8, 4) is 0 Å². The summed E-state index contributed by atoms with van der Waals surface area (Å²) in [5.74, 6) is 0. The highest BCUT2D eigenvalue weighted by Crippen LogP contribution is 2.09. The Hall–Kier alpha value is -0.970. The molecule has 1 radical (unpaired) electrons. The van der Waals surface area contributed by atoms with Crippen LogP contribution in [0.5, 0.6) is 0 Å². The van der Waals surface area contributed by atoms with Gasteiger partial charge >= 0.3 is 0 Å². The zero-order valence-electron chi connectivity index (χ0n) is 5.77. The van der Waals surface area contributed by atoms with Crippen molar-refractivity contribution in [2.75, 3.05) is 14.1 Å². The molecule has 53 valence electrons. The average molecular weight is 155 g/mol. The van der Waals surface area contributed by atoms with E-state index < -0.39 is 0 Å². The SMILES string of the molecule is CN(C)/C=N/c1n[c]ns1. The Morgan fingerprint density at radius 3 is 3.00 bits per heavy atom. The number of nitrogens with zero attached hydrogens (tertiary/aromatic N) is 4. The molecule has 0 saturated carbocycles. The zero-order chi connectivity index (χ0) is 7.40. The van der Waals surface area contributed by atoms with Gasteiger partial charge in [0.25, 0.3) is 0 Å². The molecule has 4 nitrogen and oxygen atoms in total. The summed E-state index contributed by atoms with van der Waals surface area (Å²) in [5.41, 5.74) is 0. The molecular weight excluding hydrogens is 148 g/mol. The minimum atomic E-state index is 0.633. The van der Waals surface area contributed by atoms with E-state index in [0.717, 1.165) is 0 Å². The fourth-order valence-corrected chi connectivity index (χ4v) is 0.701. The normalized spacial score (nSPS) is 10.6. The maximum Gasteiger partial charge on any atom is 0.230 e. The first-order valence-corrected chi connectivity index (χ1v) is 3.47. The van der Waals surface area contributed by atoms with E-state index in [2.05, 4.69) is 20.7 Å². The molecule has 0 amide bonds. The van der Waals surface area contributed by atoms with Gasteiger partial charge in [-0.2, -0.15) is 9.36 Å². The predicted molar refractivity (Wildman–Crippen MR) is 40.6 cm³/mol. The van der Waals surface area contributed by atoms with Crippen molar-refractivity contribution in [3.05, 3.63) is 6.33 Å². The number of hydrogen-bond donors (Lipinski definition) is 0. The number of rotatable bonds is 2. The lowest BCUT2D eigenvalue weighted by molar-refractivity contribution is 0.643. The second-order valence-electron chi connectivity index (χ2n) is 1.89. The van der Waals surface area contributed by atoms with Crippen LogP contribution in [-0.4, -0.2) is 34.7 Å². The molecular formula is C5H7N4S. The lowest BCUT2D eigenvalue weighted by Crippen LogP contribution is -2.06. The topological polar surface area (TPSA) is 41.4 Å². The van der Waals surface area contributed by atoms with Crippen molar-refractivity contribution in [1.29, 1.82) is 0 Å². The average Bonchev–Trinajstić information content (AvgIpc) is 2.34. The molecule has 1 aromatic heterocycles. The Morgan fingerprint density at radius 2 is 2.50 bits per heavy atom. The molecule has 0 bridgehead atoms. The van der Waals surface area contributed by atoms with E-state index in [0.29, 0.717) is 5.13 Å². The summed E-state index contributed by atoms with van der Waals surface area (Å²) in [4.78, 5) is 9.56. The first kappa shape index (κ1) is 7.14. The largest absolute Gasteiger partial charge is 0.369 e. The second-order valence-corrected chi connectivity index (χ2v) is 2.62. The van der Waals surface area contributed by atoms with Crippen LogP contribution in [0, 0.1) is 6.33 Å². The molecule has 0 atom stereocenters. The molecule has 0 aliphatic rings. The molecule has 0 aliphatic heterocycles. The summed E-state index contributed by atoms with van der Waals surface area (Å²) in [6.45, 7) is 0. The molecule has 0 spiro atoms. The molecule has 0 unspecified atom stereocenters. The summed E-state index contributed by atoms with van der Waals surface area (Å²) in [5, 5.41) is 0.633. The van der Waals surface area contributed by atoms with Gasteiger partial charge in [0.1, 0.15) is 0 Å². The van der Waals surface area contributed by atoms with E-state index in [1.165, 1.54) is 11.5 Å². The van der Waals surface area contributed by atoms with Crippen molar-refractivity contribution in [2.24, 2.45) is 4.99 Å². The molecule has 0 saturated heterocycles. The van der Waals surface area contributed by atoms with Crippen LogP contribution >= 0.6 is 11.5 Å². The van der Waals surface area contributed by atoms with Gasteiger partial charge < -0.3 is 4.90 Å². The second kappa shape index (κ2) is 3.26. The molecule has 1 rings (SSSR count). The third-order valence-electron chi connectivity index (χ3n) is 0.713. The van der Waals surface area contributed by atoms with Crippen LogP contribution < -0.4 is 0 Å². The highest BCUT2D eigenvalue weighted by molar-refractivity contribution is 7.09. The van der Waals surface area contributed by atoms with Gasteiger partial charge in [-0.05, 0) is 0 Å².